The Morgan fingerprint density at radius 2 is 2.10 bits per heavy atom. The number of carbonyl (C=O) groups is 2. The highest BCUT2D eigenvalue weighted by molar-refractivity contribution is 7.98. The lowest BCUT2D eigenvalue weighted by Crippen LogP contribution is -2.30. The zero-order chi connectivity index (χ0) is 15.7. The Bertz CT molecular complexity index is 494. The summed E-state index contributed by atoms with van der Waals surface area (Å²) in [7, 11) is 1.45. The van der Waals surface area contributed by atoms with Gasteiger partial charge in [0.25, 0.3) is 0 Å². The highest BCUT2D eigenvalue weighted by Crippen LogP contribution is 2.22. The molecule has 1 aromatic carbocycles. The van der Waals surface area contributed by atoms with Crippen LogP contribution in [0.4, 0.5) is 10.5 Å². The minimum Gasteiger partial charge on any atom is -0.497 e. The lowest BCUT2D eigenvalue weighted by atomic mass is 10.1. The van der Waals surface area contributed by atoms with Crippen molar-refractivity contribution in [2.24, 2.45) is 0 Å². The number of benzene rings is 1. The lowest BCUT2D eigenvalue weighted by molar-refractivity contribution is 0.0697. The Morgan fingerprint density at radius 3 is 2.71 bits per heavy atom. The Balaban J connectivity index is 2.57. The number of amides is 2. The summed E-state index contributed by atoms with van der Waals surface area (Å²) in [6, 6.07) is 4.07. The molecule has 6 nitrogen and oxygen atoms in total. The molecule has 0 saturated carbocycles. The fourth-order valence-electron chi connectivity index (χ4n) is 1.68. The Kier molecular flexibility index (Phi) is 7.45. The van der Waals surface area contributed by atoms with Gasteiger partial charge in [0.2, 0.25) is 0 Å². The molecule has 0 bridgehead atoms. The maximum atomic E-state index is 11.7. The second-order valence-corrected chi connectivity index (χ2v) is 5.28. The third-order valence-corrected chi connectivity index (χ3v) is 3.46. The molecule has 0 aliphatic carbocycles. The smallest absolute Gasteiger partial charge is 0.337 e. The average molecular weight is 312 g/mol. The molecule has 0 unspecified atom stereocenters. The first kappa shape index (κ1) is 17.2. The molecule has 21 heavy (non-hydrogen) atoms. The van der Waals surface area contributed by atoms with Crippen LogP contribution in [-0.4, -0.2) is 42.8 Å². The van der Waals surface area contributed by atoms with Gasteiger partial charge in [-0.1, -0.05) is 0 Å². The Hall–Kier alpha value is -1.89. The zero-order valence-electron chi connectivity index (χ0n) is 12.1. The number of carboxylic acid groups (broad SMARTS) is 1. The van der Waals surface area contributed by atoms with Gasteiger partial charge in [0.05, 0.1) is 18.4 Å². The number of methoxy groups -OCH3 is 1. The molecule has 0 saturated heterocycles. The number of hydrogen-bond acceptors (Lipinski definition) is 4. The van der Waals surface area contributed by atoms with E-state index in [4.69, 9.17) is 9.84 Å². The monoisotopic (exact) mass is 312 g/mol. The van der Waals surface area contributed by atoms with Crippen molar-refractivity contribution in [3.63, 3.8) is 0 Å². The maximum absolute atomic E-state index is 11.7. The molecule has 0 aliphatic heterocycles. The van der Waals surface area contributed by atoms with Gasteiger partial charge in [0.15, 0.2) is 0 Å². The van der Waals surface area contributed by atoms with E-state index in [2.05, 4.69) is 10.6 Å². The van der Waals surface area contributed by atoms with Crippen LogP contribution in [0, 0.1) is 0 Å². The second kappa shape index (κ2) is 9.12. The molecule has 0 spiro atoms. The van der Waals surface area contributed by atoms with Crippen LogP contribution in [-0.2, 0) is 0 Å². The first-order valence-electron chi connectivity index (χ1n) is 6.53. The SMILES string of the molecule is COc1ccc(NC(=O)NCCCCSC)c(C(=O)O)c1. The number of urea groups is 1. The van der Waals surface area contributed by atoms with E-state index < -0.39 is 12.0 Å². The Labute approximate surface area is 128 Å². The lowest BCUT2D eigenvalue weighted by Gasteiger charge is -2.11. The van der Waals surface area contributed by atoms with Gasteiger partial charge < -0.3 is 20.5 Å². The van der Waals surface area contributed by atoms with Crippen molar-refractivity contribution < 1.29 is 19.4 Å². The van der Waals surface area contributed by atoms with Crippen LogP contribution < -0.4 is 15.4 Å². The van der Waals surface area contributed by atoms with E-state index in [-0.39, 0.29) is 11.3 Å². The van der Waals surface area contributed by atoms with E-state index in [1.54, 1.807) is 17.8 Å². The van der Waals surface area contributed by atoms with E-state index in [0.29, 0.717) is 12.3 Å². The van der Waals surface area contributed by atoms with Gasteiger partial charge in [-0.15, -0.1) is 0 Å². The number of nitrogens with one attached hydrogen (secondary N) is 2. The van der Waals surface area contributed by atoms with Gasteiger partial charge >= 0.3 is 12.0 Å². The molecule has 0 aliphatic rings. The number of rotatable bonds is 8. The van der Waals surface area contributed by atoms with Gasteiger partial charge in [-0.2, -0.15) is 11.8 Å². The van der Waals surface area contributed by atoms with Crippen LogP contribution in [0.3, 0.4) is 0 Å². The van der Waals surface area contributed by atoms with Gasteiger partial charge in [-0.3, -0.25) is 0 Å². The first-order chi connectivity index (χ1) is 10.1. The molecule has 3 N–H and O–H groups in total. The maximum Gasteiger partial charge on any atom is 0.337 e. The summed E-state index contributed by atoms with van der Waals surface area (Å²) in [4.78, 5) is 22.9. The normalized spacial score (nSPS) is 10.0. The van der Waals surface area contributed by atoms with Gasteiger partial charge in [-0.25, -0.2) is 9.59 Å². The molecular weight excluding hydrogens is 292 g/mol. The van der Waals surface area contributed by atoms with Crippen molar-refractivity contribution in [2.45, 2.75) is 12.8 Å². The Morgan fingerprint density at radius 1 is 1.33 bits per heavy atom. The van der Waals surface area contributed by atoms with Crippen LogP contribution >= 0.6 is 11.8 Å². The number of hydrogen-bond donors (Lipinski definition) is 3. The topological polar surface area (TPSA) is 87.7 Å². The quantitative estimate of drug-likeness (QED) is 0.642. The summed E-state index contributed by atoms with van der Waals surface area (Å²) in [6.07, 6.45) is 3.96. The molecule has 1 rings (SSSR count). The summed E-state index contributed by atoms with van der Waals surface area (Å²) in [5, 5.41) is 14.4. The third-order valence-electron chi connectivity index (χ3n) is 2.77. The number of carbonyl (C=O) groups excluding carboxylic acids is 1. The van der Waals surface area contributed by atoms with Crippen LogP contribution in [0.1, 0.15) is 23.2 Å². The minimum atomic E-state index is -1.12. The number of ether oxygens (including phenoxy) is 1. The number of anilines is 1. The van der Waals surface area contributed by atoms with Gasteiger partial charge in [0.1, 0.15) is 5.75 Å². The molecule has 0 heterocycles. The minimum absolute atomic E-state index is 0.00752. The number of carboxylic acids is 1. The van der Waals surface area contributed by atoms with Crippen molar-refractivity contribution in [3.8, 4) is 5.75 Å². The molecule has 0 aromatic heterocycles. The van der Waals surface area contributed by atoms with E-state index in [1.165, 1.54) is 19.2 Å². The van der Waals surface area contributed by atoms with E-state index in [0.717, 1.165) is 18.6 Å². The fraction of sp³-hybridized carbons (Fsp3) is 0.429. The van der Waals surface area contributed by atoms with Crippen LogP contribution in [0.5, 0.6) is 5.75 Å². The van der Waals surface area contributed by atoms with Gasteiger partial charge in [-0.05, 0) is 43.0 Å². The number of thioether (sulfide) groups is 1. The first-order valence-corrected chi connectivity index (χ1v) is 7.93. The zero-order valence-corrected chi connectivity index (χ0v) is 13.0. The predicted octanol–water partition coefficient (Wildman–Crippen LogP) is 2.66. The molecule has 7 heteroatoms. The van der Waals surface area contributed by atoms with Gasteiger partial charge in [0, 0.05) is 6.54 Å². The summed E-state index contributed by atoms with van der Waals surface area (Å²) in [6.45, 7) is 0.560. The standard InChI is InChI=1S/C14H20N2O4S/c1-20-10-5-6-12(11(9-10)13(17)18)16-14(19)15-7-3-4-8-21-2/h5-6,9H,3-4,7-8H2,1-2H3,(H,17,18)(H2,15,16,19). The fourth-order valence-corrected chi connectivity index (χ4v) is 2.17. The molecule has 0 atom stereocenters. The molecule has 0 radical (unpaired) electrons. The van der Waals surface area contributed by atoms with Crippen molar-refractivity contribution in [3.05, 3.63) is 23.8 Å². The molecule has 116 valence electrons. The van der Waals surface area contributed by atoms with E-state index in [9.17, 15) is 9.59 Å². The molecule has 2 amide bonds. The summed E-state index contributed by atoms with van der Waals surface area (Å²) in [5.74, 6) is 0.366. The highest BCUT2D eigenvalue weighted by Gasteiger charge is 2.13. The molecule has 1 aromatic rings. The molecule has 0 fully saturated rings. The van der Waals surface area contributed by atoms with Crippen molar-refractivity contribution in [2.75, 3.05) is 31.0 Å². The summed E-state index contributed by atoms with van der Waals surface area (Å²) < 4.78 is 4.97. The average Bonchev–Trinajstić information content (AvgIpc) is 2.47. The van der Waals surface area contributed by atoms with Crippen molar-refractivity contribution >= 4 is 29.4 Å². The van der Waals surface area contributed by atoms with Crippen LogP contribution in [0.25, 0.3) is 0 Å². The summed E-state index contributed by atoms with van der Waals surface area (Å²) in [5.41, 5.74) is 0.233. The predicted molar refractivity (Wildman–Crippen MR) is 84.6 cm³/mol. The number of aromatic carboxylic acids is 1. The van der Waals surface area contributed by atoms with Crippen LogP contribution in [0.2, 0.25) is 0 Å². The third kappa shape index (κ3) is 5.95. The van der Waals surface area contributed by atoms with E-state index >= 15 is 0 Å². The molecular formula is C14H20N2O4S. The van der Waals surface area contributed by atoms with E-state index in [1.807, 2.05) is 6.26 Å². The van der Waals surface area contributed by atoms with Crippen LogP contribution in [0.15, 0.2) is 18.2 Å². The van der Waals surface area contributed by atoms with Crippen molar-refractivity contribution in [1.82, 2.24) is 5.32 Å². The second-order valence-electron chi connectivity index (χ2n) is 4.30. The summed E-state index contributed by atoms with van der Waals surface area (Å²) >= 11 is 1.77. The largest absolute Gasteiger partial charge is 0.497 e. The number of unbranched alkanes of at least 4 members (excludes halogenated alkanes) is 1. The van der Waals surface area contributed by atoms with Crippen molar-refractivity contribution in [1.29, 1.82) is 0 Å². The highest BCUT2D eigenvalue weighted by atomic mass is 32.2.